The van der Waals surface area contributed by atoms with Crippen molar-refractivity contribution in [3.63, 3.8) is 0 Å². The van der Waals surface area contributed by atoms with Crippen LogP contribution >= 0.6 is 24.0 Å². The zero-order valence-electron chi connectivity index (χ0n) is 15.5. The van der Waals surface area contributed by atoms with Gasteiger partial charge in [-0.25, -0.2) is 4.68 Å². The Labute approximate surface area is 168 Å². The number of aromatic nitrogens is 2. The van der Waals surface area contributed by atoms with E-state index in [1.807, 2.05) is 22.9 Å². The van der Waals surface area contributed by atoms with Crippen molar-refractivity contribution in [3.8, 4) is 5.69 Å². The lowest BCUT2D eigenvalue weighted by molar-refractivity contribution is 0.740. The predicted octanol–water partition coefficient (Wildman–Crippen LogP) is 3.70. The number of rotatable bonds is 8. The van der Waals surface area contributed by atoms with Crippen LogP contribution < -0.4 is 10.6 Å². The molecule has 0 spiro atoms. The van der Waals surface area contributed by atoms with E-state index in [4.69, 9.17) is 0 Å². The molecule has 2 aromatic rings. The highest BCUT2D eigenvalue weighted by molar-refractivity contribution is 14.0. The third-order valence-corrected chi connectivity index (χ3v) is 3.77. The van der Waals surface area contributed by atoms with Crippen molar-refractivity contribution in [1.29, 1.82) is 0 Å². The molecule has 1 heterocycles. The van der Waals surface area contributed by atoms with Gasteiger partial charge in [0.2, 0.25) is 0 Å². The van der Waals surface area contributed by atoms with Gasteiger partial charge in [-0.05, 0) is 50.8 Å². The summed E-state index contributed by atoms with van der Waals surface area (Å²) in [6, 6.07) is 10.2. The second-order valence-corrected chi connectivity index (χ2v) is 5.81. The molecule has 0 saturated carbocycles. The van der Waals surface area contributed by atoms with Gasteiger partial charge in [0.15, 0.2) is 5.96 Å². The third-order valence-electron chi connectivity index (χ3n) is 3.77. The van der Waals surface area contributed by atoms with Gasteiger partial charge in [0.25, 0.3) is 0 Å². The van der Waals surface area contributed by atoms with Gasteiger partial charge < -0.3 is 10.6 Å². The highest BCUT2D eigenvalue weighted by atomic mass is 127. The molecule has 0 atom stereocenters. The van der Waals surface area contributed by atoms with Crippen LogP contribution in [0.25, 0.3) is 5.69 Å². The molecule has 2 N–H and O–H groups in total. The van der Waals surface area contributed by atoms with Crippen molar-refractivity contribution in [2.24, 2.45) is 4.99 Å². The number of halogens is 1. The molecule has 0 unspecified atom stereocenters. The van der Waals surface area contributed by atoms with Crippen LogP contribution in [0.15, 0.2) is 41.5 Å². The number of hydrogen-bond donors (Lipinski definition) is 2. The fourth-order valence-electron chi connectivity index (χ4n) is 2.51. The van der Waals surface area contributed by atoms with Gasteiger partial charge in [0.05, 0.1) is 11.4 Å². The van der Waals surface area contributed by atoms with Gasteiger partial charge in [0, 0.05) is 25.8 Å². The summed E-state index contributed by atoms with van der Waals surface area (Å²) in [4.78, 5) is 4.52. The number of nitrogens with zero attached hydrogens (tertiary/aromatic N) is 3. The van der Waals surface area contributed by atoms with Crippen LogP contribution in [0.2, 0.25) is 0 Å². The lowest BCUT2D eigenvalue weighted by atomic mass is 10.1. The Kier molecular flexibility index (Phi) is 10.2. The fraction of sp³-hybridized carbons (Fsp3) is 0.474. The van der Waals surface area contributed by atoms with Gasteiger partial charge in [0.1, 0.15) is 0 Å². The third kappa shape index (κ3) is 7.05. The first-order chi connectivity index (χ1) is 11.7. The van der Waals surface area contributed by atoms with Gasteiger partial charge in [-0.3, -0.25) is 4.99 Å². The number of guanidine groups is 1. The van der Waals surface area contributed by atoms with Crippen molar-refractivity contribution in [2.75, 3.05) is 19.6 Å². The molecule has 0 bridgehead atoms. The molecule has 0 radical (unpaired) electrons. The van der Waals surface area contributed by atoms with E-state index >= 15 is 0 Å². The Morgan fingerprint density at radius 1 is 1.16 bits per heavy atom. The molecule has 6 heteroatoms. The van der Waals surface area contributed by atoms with Crippen LogP contribution in [0, 0.1) is 6.92 Å². The summed E-state index contributed by atoms with van der Waals surface area (Å²) in [5, 5.41) is 11.3. The minimum absolute atomic E-state index is 0. The molecule has 0 aliphatic heterocycles. The number of benzene rings is 1. The van der Waals surface area contributed by atoms with E-state index in [0.29, 0.717) is 0 Å². The van der Waals surface area contributed by atoms with E-state index in [0.717, 1.165) is 56.2 Å². The molecule has 0 fully saturated rings. The molecule has 5 nitrogen and oxygen atoms in total. The smallest absolute Gasteiger partial charge is 0.191 e. The van der Waals surface area contributed by atoms with Gasteiger partial charge in [-0.1, -0.05) is 25.1 Å². The topological polar surface area (TPSA) is 54.2 Å². The molecule has 0 aliphatic rings. The monoisotopic (exact) mass is 455 g/mol. The van der Waals surface area contributed by atoms with Crippen LogP contribution in [0.5, 0.6) is 0 Å². The summed E-state index contributed by atoms with van der Waals surface area (Å²) in [7, 11) is 0. The number of nitrogens with one attached hydrogen (secondary N) is 2. The molecule has 0 aliphatic carbocycles. The quantitative estimate of drug-likeness (QED) is 0.276. The van der Waals surface area contributed by atoms with Crippen LogP contribution in [0.4, 0.5) is 0 Å². The van der Waals surface area contributed by atoms with Crippen molar-refractivity contribution < 1.29 is 0 Å². The van der Waals surface area contributed by atoms with Gasteiger partial charge >= 0.3 is 0 Å². The SMILES string of the molecule is CCCN=C(NCC)NCCCc1cn(-c2ccccc2)nc1C.I. The molecule has 2 rings (SSSR count). The van der Waals surface area contributed by atoms with Crippen LogP contribution in [-0.4, -0.2) is 35.4 Å². The van der Waals surface area contributed by atoms with E-state index in [2.05, 4.69) is 59.8 Å². The van der Waals surface area contributed by atoms with E-state index < -0.39 is 0 Å². The van der Waals surface area contributed by atoms with E-state index in [9.17, 15) is 0 Å². The molecule has 0 saturated heterocycles. The van der Waals surface area contributed by atoms with Gasteiger partial charge in [-0.15, -0.1) is 24.0 Å². The maximum Gasteiger partial charge on any atom is 0.191 e. The molecule has 0 amide bonds. The number of aryl methyl sites for hydroxylation is 2. The Hall–Kier alpha value is -1.57. The molecular weight excluding hydrogens is 425 g/mol. The lowest BCUT2D eigenvalue weighted by Gasteiger charge is -2.10. The van der Waals surface area contributed by atoms with Crippen LogP contribution in [0.3, 0.4) is 0 Å². The predicted molar refractivity (Wildman–Crippen MR) is 116 cm³/mol. The number of para-hydroxylation sites is 1. The van der Waals surface area contributed by atoms with Crippen molar-refractivity contribution in [3.05, 3.63) is 47.8 Å². The maximum atomic E-state index is 4.62. The largest absolute Gasteiger partial charge is 0.357 e. The zero-order valence-corrected chi connectivity index (χ0v) is 17.8. The summed E-state index contributed by atoms with van der Waals surface area (Å²) >= 11 is 0. The molecule has 138 valence electrons. The summed E-state index contributed by atoms with van der Waals surface area (Å²) in [6.45, 7) is 8.96. The first kappa shape index (κ1) is 21.5. The maximum absolute atomic E-state index is 4.62. The van der Waals surface area contributed by atoms with E-state index in [1.54, 1.807) is 0 Å². The first-order valence-corrected chi connectivity index (χ1v) is 8.87. The minimum Gasteiger partial charge on any atom is -0.357 e. The molecular formula is C19H30IN5. The standard InChI is InChI=1S/C19H29N5.HI/c1-4-13-21-19(20-5-2)22-14-9-10-17-15-24(23-16(17)3)18-11-7-6-8-12-18;/h6-8,11-12,15H,4-5,9-10,13-14H2,1-3H3,(H2,20,21,22);1H. The Balaban J connectivity index is 0.00000312. The Morgan fingerprint density at radius 2 is 1.92 bits per heavy atom. The Bertz CT molecular complexity index is 637. The molecule has 1 aromatic carbocycles. The molecule has 1 aromatic heterocycles. The average Bonchev–Trinajstić information content (AvgIpc) is 2.98. The van der Waals surface area contributed by atoms with E-state index in [-0.39, 0.29) is 24.0 Å². The second-order valence-electron chi connectivity index (χ2n) is 5.81. The first-order valence-electron chi connectivity index (χ1n) is 8.87. The summed E-state index contributed by atoms with van der Waals surface area (Å²) < 4.78 is 1.96. The summed E-state index contributed by atoms with van der Waals surface area (Å²) in [5.74, 6) is 0.913. The van der Waals surface area contributed by atoms with Crippen molar-refractivity contribution in [1.82, 2.24) is 20.4 Å². The van der Waals surface area contributed by atoms with Crippen molar-refractivity contribution in [2.45, 2.75) is 40.0 Å². The number of hydrogen-bond acceptors (Lipinski definition) is 2. The highest BCUT2D eigenvalue weighted by Crippen LogP contribution is 2.13. The van der Waals surface area contributed by atoms with E-state index in [1.165, 1.54) is 5.56 Å². The Morgan fingerprint density at radius 3 is 2.60 bits per heavy atom. The minimum atomic E-state index is 0. The number of aliphatic imine (C=N–C) groups is 1. The second kappa shape index (κ2) is 11.9. The fourth-order valence-corrected chi connectivity index (χ4v) is 2.51. The van der Waals surface area contributed by atoms with Crippen LogP contribution in [-0.2, 0) is 6.42 Å². The lowest BCUT2D eigenvalue weighted by Crippen LogP contribution is -2.38. The average molecular weight is 455 g/mol. The summed E-state index contributed by atoms with van der Waals surface area (Å²) in [5.41, 5.74) is 3.51. The normalized spacial score (nSPS) is 11.1. The van der Waals surface area contributed by atoms with Crippen LogP contribution in [0.1, 0.15) is 37.9 Å². The van der Waals surface area contributed by atoms with Crippen molar-refractivity contribution >= 4 is 29.9 Å². The highest BCUT2D eigenvalue weighted by Gasteiger charge is 2.06. The summed E-state index contributed by atoms with van der Waals surface area (Å²) in [6.07, 6.45) is 5.27. The molecule has 25 heavy (non-hydrogen) atoms. The zero-order chi connectivity index (χ0) is 17.2. The van der Waals surface area contributed by atoms with Gasteiger partial charge in [-0.2, -0.15) is 5.10 Å².